The van der Waals surface area contributed by atoms with E-state index in [2.05, 4.69) is 10.4 Å². The number of hydrogen-bond acceptors (Lipinski definition) is 3. The number of aliphatic carboxylic acids is 1. The maximum Gasteiger partial charge on any atom is 0.303 e. The summed E-state index contributed by atoms with van der Waals surface area (Å²) in [5.41, 5.74) is 2.29. The minimum Gasteiger partial charge on any atom is -0.481 e. The van der Waals surface area contributed by atoms with Crippen LogP contribution in [0.2, 0.25) is 5.02 Å². The third kappa shape index (κ3) is 6.10. The van der Waals surface area contributed by atoms with Crippen LogP contribution in [-0.4, -0.2) is 33.3 Å². The zero-order valence-corrected chi connectivity index (χ0v) is 16.5. The summed E-state index contributed by atoms with van der Waals surface area (Å²) in [4.78, 5) is 23.1. The van der Waals surface area contributed by atoms with Crippen molar-refractivity contribution in [1.82, 2.24) is 15.1 Å². The van der Waals surface area contributed by atoms with Gasteiger partial charge in [0.15, 0.2) is 0 Å². The van der Waals surface area contributed by atoms with E-state index in [9.17, 15) is 9.59 Å². The SMILES string of the molecule is CC(C)c1c(C(=O)NCCCCCCC(=O)O)cnn1-c1ccc(Cl)cc1. The first-order valence-corrected chi connectivity index (χ1v) is 9.61. The van der Waals surface area contributed by atoms with E-state index in [1.54, 1.807) is 23.0 Å². The van der Waals surface area contributed by atoms with Crippen LogP contribution in [0.1, 0.15) is 67.9 Å². The molecule has 1 amide bonds. The fourth-order valence-electron chi connectivity index (χ4n) is 2.93. The van der Waals surface area contributed by atoms with E-state index in [1.165, 1.54) is 0 Å². The lowest BCUT2D eigenvalue weighted by Gasteiger charge is -2.13. The van der Waals surface area contributed by atoms with Crippen molar-refractivity contribution in [3.63, 3.8) is 0 Å². The number of benzene rings is 1. The second-order valence-corrected chi connectivity index (χ2v) is 7.24. The Labute approximate surface area is 164 Å². The van der Waals surface area contributed by atoms with E-state index >= 15 is 0 Å². The van der Waals surface area contributed by atoms with Crippen molar-refractivity contribution in [1.29, 1.82) is 0 Å². The van der Waals surface area contributed by atoms with Gasteiger partial charge in [-0.3, -0.25) is 9.59 Å². The quantitative estimate of drug-likeness (QED) is 0.587. The van der Waals surface area contributed by atoms with Gasteiger partial charge in [-0.05, 0) is 43.0 Å². The van der Waals surface area contributed by atoms with E-state index in [1.807, 2.05) is 26.0 Å². The monoisotopic (exact) mass is 391 g/mol. The lowest BCUT2D eigenvalue weighted by Crippen LogP contribution is -2.25. The normalized spacial score (nSPS) is 11.0. The molecule has 0 unspecified atom stereocenters. The van der Waals surface area contributed by atoms with Gasteiger partial charge in [-0.2, -0.15) is 5.10 Å². The summed E-state index contributed by atoms with van der Waals surface area (Å²) >= 11 is 5.95. The molecule has 0 fully saturated rings. The number of hydrogen-bond donors (Lipinski definition) is 2. The average molecular weight is 392 g/mol. The van der Waals surface area contributed by atoms with Crippen LogP contribution in [-0.2, 0) is 4.79 Å². The number of carbonyl (C=O) groups is 2. The topological polar surface area (TPSA) is 84.2 Å². The van der Waals surface area contributed by atoms with Crippen molar-refractivity contribution in [2.24, 2.45) is 0 Å². The number of carboxylic acid groups (broad SMARTS) is 1. The molecule has 0 aliphatic heterocycles. The zero-order valence-electron chi connectivity index (χ0n) is 15.7. The maximum absolute atomic E-state index is 12.6. The van der Waals surface area contributed by atoms with Crippen LogP contribution in [0.15, 0.2) is 30.5 Å². The number of nitrogens with zero attached hydrogens (tertiary/aromatic N) is 2. The summed E-state index contributed by atoms with van der Waals surface area (Å²) in [6.07, 6.45) is 5.06. The molecule has 27 heavy (non-hydrogen) atoms. The number of unbranched alkanes of at least 4 members (excludes halogenated alkanes) is 3. The maximum atomic E-state index is 12.6. The lowest BCUT2D eigenvalue weighted by atomic mass is 10.0. The highest BCUT2D eigenvalue weighted by Gasteiger charge is 2.20. The predicted molar refractivity (Wildman–Crippen MR) is 106 cm³/mol. The molecule has 2 N–H and O–H groups in total. The van der Waals surface area contributed by atoms with Crippen LogP contribution in [0.3, 0.4) is 0 Å². The van der Waals surface area contributed by atoms with Gasteiger partial charge in [0.2, 0.25) is 0 Å². The molecule has 0 saturated heterocycles. The fraction of sp³-hybridized carbons (Fsp3) is 0.450. The molecule has 6 nitrogen and oxygen atoms in total. The highest BCUT2D eigenvalue weighted by molar-refractivity contribution is 6.30. The van der Waals surface area contributed by atoms with Gasteiger partial charge in [-0.25, -0.2) is 4.68 Å². The Bertz CT molecular complexity index is 769. The summed E-state index contributed by atoms with van der Waals surface area (Å²) in [7, 11) is 0. The molecule has 0 atom stereocenters. The minimum atomic E-state index is -0.762. The Hall–Kier alpha value is -2.34. The molecule has 146 valence electrons. The van der Waals surface area contributed by atoms with E-state index < -0.39 is 5.97 Å². The molecule has 1 aromatic heterocycles. The summed E-state index contributed by atoms with van der Waals surface area (Å²) in [5, 5.41) is 16.6. The van der Waals surface area contributed by atoms with Gasteiger partial charge >= 0.3 is 5.97 Å². The summed E-state index contributed by atoms with van der Waals surface area (Å²) in [5.74, 6) is -0.772. The van der Waals surface area contributed by atoms with E-state index in [0.717, 1.165) is 30.6 Å². The van der Waals surface area contributed by atoms with Crippen molar-refractivity contribution in [2.75, 3.05) is 6.54 Å². The Morgan fingerprint density at radius 1 is 1.15 bits per heavy atom. The van der Waals surface area contributed by atoms with Gasteiger partial charge in [0.1, 0.15) is 0 Å². The number of amides is 1. The standard InChI is InChI=1S/C20H26ClN3O3/c1-14(2)19-17(13-23-24(19)16-10-8-15(21)9-11-16)20(27)22-12-6-4-3-5-7-18(25)26/h8-11,13-14H,3-7,12H2,1-2H3,(H,22,27)(H,25,26). The molecule has 7 heteroatoms. The largest absolute Gasteiger partial charge is 0.481 e. The second kappa shape index (κ2) is 10.1. The molecule has 0 aliphatic rings. The van der Waals surface area contributed by atoms with Crippen molar-refractivity contribution >= 4 is 23.5 Å². The molecule has 2 aromatic rings. The number of aromatic nitrogens is 2. The summed E-state index contributed by atoms with van der Waals surface area (Å²) in [6.45, 7) is 4.63. The van der Waals surface area contributed by atoms with Crippen molar-refractivity contribution < 1.29 is 14.7 Å². The predicted octanol–water partition coefficient (Wildman–Crippen LogP) is 4.41. The molecule has 2 rings (SSSR count). The van der Waals surface area contributed by atoms with Gasteiger partial charge in [0, 0.05) is 18.0 Å². The summed E-state index contributed by atoms with van der Waals surface area (Å²) < 4.78 is 1.78. The molecule has 1 aromatic carbocycles. The van der Waals surface area contributed by atoms with Crippen LogP contribution in [0.5, 0.6) is 0 Å². The molecule has 0 spiro atoms. The Balaban J connectivity index is 1.96. The van der Waals surface area contributed by atoms with Crippen molar-refractivity contribution in [3.05, 3.63) is 46.7 Å². The van der Waals surface area contributed by atoms with Crippen LogP contribution in [0.4, 0.5) is 0 Å². The van der Waals surface area contributed by atoms with E-state index in [0.29, 0.717) is 23.6 Å². The van der Waals surface area contributed by atoms with Crippen LogP contribution >= 0.6 is 11.6 Å². The lowest BCUT2D eigenvalue weighted by molar-refractivity contribution is -0.137. The third-order valence-corrected chi connectivity index (χ3v) is 4.52. The highest BCUT2D eigenvalue weighted by atomic mass is 35.5. The van der Waals surface area contributed by atoms with Gasteiger partial charge < -0.3 is 10.4 Å². The first-order chi connectivity index (χ1) is 12.9. The summed E-state index contributed by atoms with van der Waals surface area (Å²) in [6, 6.07) is 7.35. The zero-order chi connectivity index (χ0) is 19.8. The Morgan fingerprint density at radius 2 is 1.81 bits per heavy atom. The minimum absolute atomic E-state index is 0.125. The second-order valence-electron chi connectivity index (χ2n) is 6.80. The average Bonchev–Trinajstić information content (AvgIpc) is 3.06. The van der Waals surface area contributed by atoms with Gasteiger partial charge in [0.25, 0.3) is 5.91 Å². The van der Waals surface area contributed by atoms with Crippen LogP contribution in [0, 0.1) is 0 Å². The van der Waals surface area contributed by atoms with Gasteiger partial charge in [-0.1, -0.05) is 38.3 Å². The van der Waals surface area contributed by atoms with Crippen LogP contribution < -0.4 is 5.32 Å². The first kappa shape index (κ1) is 21.0. The number of nitrogens with one attached hydrogen (secondary N) is 1. The molecule has 0 saturated carbocycles. The first-order valence-electron chi connectivity index (χ1n) is 9.24. The Morgan fingerprint density at radius 3 is 2.44 bits per heavy atom. The van der Waals surface area contributed by atoms with Crippen molar-refractivity contribution in [3.8, 4) is 5.69 Å². The van der Waals surface area contributed by atoms with Crippen LogP contribution in [0.25, 0.3) is 5.69 Å². The molecular formula is C20H26ClN3O3. The number of carboxylic acids is 1. The molecule has 0 bridgehead atoms. The molecular weight excluding hydrogens is 366 g/mol. The van der Waals surface area contributed by atoms with Gasteiger partial charge in [0.05, 0.1) is 23.1 Å². The number of halogens is 1. The molecule has 1 heterocycles. The van der Waals surface area contributed by atoms with Crippen molar-refractivity contribution in [2.45, 2.75) is 51.9 Å². The van der Waals surface area contributed by atoms with E-state index in [4.69, 9.17) is 16.7 Å². The molecule has 0 aliphatic carbocycles. The highest BCUT2D eigenvalue weighted by Crippen LogP contribution is 2.24. The third-order valence-electron chi connectivity index (χ3n) is 4.27. The van der Waals surface area contributed by atoms with E-state index in [-0.39, 0.29) is 18.2 Å². The molecule has 0 radical (unpaired) electrons. The number of carbonyl (C=O) groups excluding carboxylic acids is 1. The fourth-order valence-corrected chi connectivity index (χ4v) is 3.05. The number of rotatable bonds is 10. The Kier molecular flexibility index (Phi) is 7.85. The van der Waals surface area contributed by atoms with Gasteiger partial charge in [-0.15, -0.1) is 0 Å². The smallest absolute Gasteiger partial charge is 0.303 e.